The van der Waals surface area contributed by atoms with Crippen molar-refractivity contribution in [1.82, 2.24) is 10.6 Å². The molecule has 3 atom stereocenters. The minimum atomic E-state index is 0.0324. The summed E-state index contributed by atoms with van der Waals surface area (Å²) in [5.41, 5.74) is 1.26. The molecule has 23 heavy (non-hydrogen) atoms. The van der Waals surface area contributed by atoms with Gasteiger partial charge in [-0.2, -0.15) is 0 Å². The van der Waals surface area contributed by atoms with Crippen molar-refractivity contribution >= 4 is 17.5 Å². The Morgan fingerprint density at radius 3 is 2.57 bits per heavy atom. The minimum Gasteiger partial charge on any atom is -0.349 e. The van der Waals surface area contributed by atoms with Gasteiger partial charge in [-0.15, -0.1) is 0 Å². The minimum absolute atomic E-state index is 0.0324. The molecule has 0 saturated carbocycles. The normalized spacial score (nSPS) is 23.3. The molecule has 1 unspecified atom stereocenters. The Balaban J connectivity index is 2.10. The van der Waals surface area contributed by atoms with Crippen LogP contribution in [0, 0.1) is 11.3 Å². The topological polar surface area (TPSA) is 41.1 Å². The fourth-order valence-electron chi connectivity index (χ4n) is 3.22. The molecular formula is C19H29ClN2O. The molecule has 0 aliphatic carbocycles. The molecule has 128 valence electrons. The van der Waals surface area contributed by atoms with Crippen molar-refractivity contribution in [3.8, 4) is 0 Å². The van der Waals surface area contributed by atoms with E-state index in [9.17, 15) is 4.79 Å². The molecule has 1 saturated heterocycles. The van der Waals surface area contributed by atoms with Crippen LogP contribution in [0.5, 0.6) is 0 Å². The van der Waals surface area contributed by atoms with Crippen LogP contribution in [0.1, 0.15) is 58.6 Å². The summed E-state index contributed by atoms with van der Waals surface area (Å²) in [4.78, 5) is 12.7. The lowest BCUT2D eigenvalue weighted by Crippen LogP contribution is -2.43. The second kappa shape index (κ2) is 7.67. The zero-order valence-electron chi connectivity index (χ0n) is 14.7. The highest BCUT2D eigenvalue weighted by molar-refractivity contribution is 6.30. The van der Waals surface area contributed by atoms with E-state index in [4.69, 9.17) is 11.6 Å². The fourth-order valence-corrected chi connectivity index (χ4v) is 3.35. The standard InChI is InChI=1S/C19H29ClN2O/c1-13-11-15(9-10-21-13)18(23)22-17(12-19(2,3)4)14-5-7-16(20)8-6-14/h5-8,13,15,17,21H,9-12H2,1-4H3,(H,22,23)/t13-,15-,17?/m0/s1. The van der Waals surface area contributed by atoms with Crippen LogP contribution in [0.3, 0.4) is 0 Å². The number of hydrogen-bond acceptors (Lipinski definition) is 2. The number of nitrogens with one attached hydrogen (secondary N) is 2. The maximum atomic E-state index is 12.7. The van der Waals surface area contributed by atoms with Crippen molar-refractivity contribution < 1.29 is 4.79 Å². The monoisotopic (exact) mass is 336 g/mol. The first kappa shape index (κ1) is 18.3. The number of amides is 1. The zero-order valence-corrected chi connectivity index (χ0v) is 15.4. The third-order valence-electron chi connectivity index (χ3n) is 4.40. The Hall–Kier alpha value is -1.06. The zero-order chi connectivity index (χ0) is 17.0. The summed E-state index contributed by atoms with van der Waals surface area (Å²) >= 11 is 6.00. The molecule has 1 heterocycles. The third kappa shape index (κ3) is 5.82. The predicted octanol–water partition coefficient (Wildman–Crippen LogP) is 4.32. The van der Waals surface area contributed by atoms with E-state index in [0.717, 1.165) is 36.4 Å². The van der Waals surface area contributed by atoms with Crippen LogP contribution in [-0.4, -0.2) is 18.5 Å². The Labute approximate surface area is 145 Å². The SMILES string of the molecule is C[C@H]1C[C@@H](C(=O)NC(CC(C)(C)C)c2ccc(Cl)cc2)CCN1. The van der Waals surface area contributed by atoms with E-state index in [-0.39, 0.29) is 23.3 Å². The van der Waals surface area contributed by atoms with Crippen molar-refractivity contribution in [1.29, 1.82) is 0 Å². The summed E-state index contributed by atoms with van der Waals surface area (Å²) < 4.78 is 0. The summed E-state index contributed by atoms with van der Waals surface area (Å²) in [6.07, 6.45) is 2.73. The van der Waals surface area contributed by atoms with E-state index < -0.39 is 0 Å². The lowest BCUT2D eigenvalue weighted by atomic mass is 9.84. The van der Waals surface area contributed by atoms with Crippen LogP contribution in [0.2, 0.25) is 5.02 Å². The van der Waals surface area contributed by atoms with Crippen molar-refractivity contribution in [3.63, 3.8) is 0 Å². The molecule has 1 aliphatic rings. The highest BCUT2D eigenvalue weighted by atomic mass is 35.5. The lowest BCUT2D eigenvalue weighted by molar-refractivity contribution is -0.127. The number of rotatable bonds is 4. The predicted molar refractivity (Wildman–Crippen MR) is 96.6 cm³/mol. The van der Waals surface area contributed by atoms with Gasteiger partial charge in [-0.25, -0.2) is 0 Å². The number of halogens is 1. The highest BCUT2D eigenvalue weighted by Gasteiger charge is 2.28. The molecule has 0 radical (unpaired) electrons. The van der Waals surface area contributed by atoms with E-state index in [1.54, 1.807) is 0 Å². The molecule has 4 heteroatoms. The second-order valence-corrected chi connectivity index (χ2v) is 8.39. The lowest BCUT2D eigenvalue weighted by Gasteiger charge is -2.31. The summed E-state index contributed by atoms with van der Waals surface area (Å²) in [5.74, 6) is 0.295. The average Bonchev–Trinajstić information content (AvgIpc) is 2.46. The molecule has 1 aliphatic heterocycles. The van der Waals surface area contributed by atoms with Gasteiger partial charge in [-0.05, 0) is 55.8 Å². The first-order valence-electron chi connectivity index (χ1n) is 8.54. The van der Waals surface area contributed by atoms with Crippen LogP contribution in [0.15, 0.2) is 24.3 Å². The molecule has 1 aromatic rings. The van der Waals surface area contributed by atoms with E-state index >= 15 is 0 Å². The van der Waals surface area contributed by atoms with Gasteiger partial charge < -0.3 is 10.6 Å². The first-order valence-corrected chi connectivity index (χ1v) is 8.91. The summed E-state index contributed by atoms with van der Waals surface area (Å²) in [6.45, 7) is 9.67. The molecular weight excluding hydrogens is 308 g/mol. The van der Waals surface area contributed by atoms with Gasteiger partial charge in [-0.1, -0.05) is 44.5 Å². The van der Waals surface area contributed by atoms with Gasteiger partial charge in [0.2, 0.25) is 5.91 Å². The summed E-state index contributed by atoms with van der Waals surface area (Å²) in [6, 6.07) is 8.27. The van der Waals surface area contributed by atoms with Crippen LogP contribution in [0.25, 0.3) is 0 Å². The molecule has 1 aromatic carbocycles. The van der Waals surface area contributed by atoms with E-state index in [0.29, 0.717) is 6.04 Å². The van der Waals surface area contributed by atoms with E-state index in [2.05, 4.69) is 38.3 Å². The van der Waals surface area contributed by atoms with Gasteiger partial charge in [0.25, 0.3) is 0 Å². The molecule has 0 bridgehead atoms. The van der Waals surface area contributed by atoms with Gasteiger partial charge in [0.05, 0.1) is 6.04 Å². The van der Waals surface area contributed by atoms with Crippen molar-refractivity contribution in [2.45, 2.75) is 59.0 Å². The summed E-state index contributed by atoms with van der Waals surface area (Å²) in [5, 5.41) is 7.42. The highest BCUT2D eigenvalue weighted by Crippen LogP contribution is 2.31. The van der Waals surface area contributed by atoms with E-state index in [1.165, 1.54) is 0 Å². The van der Waals surface area contributed by atoms with Crippen molar-refractivity contribution in [2.24, 2.45) is 11.3 Å². The first-order chi connectivity index (χ1) is 10.7. The maximum Gasteiger partial charge on any atom is 0.223 e. The smallest absolute Gasteiger partial charge is 0.223 e. The van der Waals surface area contributed by atoms with Crippen molar-refractivity contribution in [2.75, 3.05) is 6.54 Å². The molecule has 3 nitrogen and oxygen atoms in total. The number of piperidine rings is 1. The van der Waals surface area contributed by atoms with Crippen molar-refractivity contribution in [3.05, 3.63) is 34.9 Å². The van der Waals surface area contributed by atoms with Gasteiger partial charge >= 0.3 is 0 Å². The van der Waals surface area contributed by atoms with Crippen LogP contribution in [-0.2, 0) is 4.79 Å². The Kier molecular flexibility index (Phi) is 6.10. The molecule has 1 amide bonds. The summed E-state index contributed by atoms with van der Waals surface area (Å²) in [7, 11) is 0. The molecule has 2 rings (SSSR count). The quantitative estimate of drug-likeness (QED) is 0.859. The van der Waals surface area contributed by atoms with Gasteiger partial charge in [0.15, 0.2) is 0 Å². The Morgan fingerprint density at radius 1 is 1.35 bits per heavy atom. The Morgan fingerprint density at radius 2 is 2.00 bits per heavy atom. The Bertz CT molecular complexity index is 521. The number of carbonyl (C=O) groups excluding carboxylic acids is 1. The molecule has 0 aromatic heterocycles. The average molecular weight is 337 g/mol. The number of carbonyl (C=O) groups is 1. The van der Waals surface area contributed by atoms with Crippen LogP contribution in [0.4, 0.5) is 0 Å². The molecule has 0 spiro atoms. The third-order valence-corrected chi connectivity index (χ3v) is 4.65. The second-order valence-electron chi connectivity index (χ2n) is 7.95. The van der Waals surface area contributed by atoms with Crippen LogP contribution >= 0.6 is 11.6 Å². The number of hydrogen-bond donors (Lipinski definition) is 2. The van der Waals surface area contributed by atoms with Gasteiger partial charge in [0, 0.05) is 17.0 Å². The largest absolute Gasteiger partial charge is 0.349 e. The van der Waals surface area contributed by atoms with E-state index in [1.807, 2.05) is 24.3 Å². The maximum absolute atomic E-state index is 12.7. The van der Waals surface area contributed by atoms with Gasteiger partial charge in [0.1, 0.15) is 0 Å². The molecule has 2 N–H and O–H groups in total. The molecule has 1 fully saturated rings. The number of benzene rings is 1. The van der Waals surface area contributed by atoms with Crippen LogP contribution < -0.4 is 10.6 Å². The van der Waals surface area contributed by atoms with Gasteiger partial charge in [-0.3, -0.25) is 4.79 Å². The fraction of sp³-hybridized carbons (Fsp3) is 0.632.